The van der Waals surface area contributed by atoms with Crippen molar-refractivity contribution < 1.29 is 8.42 Å². The first-order chi connectivity index (χ1) is 13.1. The van der Waals surface area contributed by atoms with Gasteiger partial charge in [0.15, 0.2) is 0 Å². The van der Waals surface area contributed by atoms with Gasteiger partial charge in [-0.05, 0) is 43.2 Å². The van der Waals surface area contributed by atoms with Crippen LogP contribution in [0.15, 0.2) is 70.8 Å². The van der Waals surface area contributed by atoms with Crippen LogP contribution in [0.25, 0.3) is 5.69 Å². The second-order valence-electron chi connectivity index (χ2n) is 6.32. The summed E-state index contributed by atoms with van der Waals surface area (Å²) >= 11 is 1.54. The van der Waals surface area contributed by atoms with Crippen LogP contribution in [0.5, 0.6) is 0 Å². The Morgan fingerprint density at radius 2 is 1.78 bits per heavy atom. The van der Waals surface area contributed by atoms with Crippen LogP contribution in [0.1, 0.15) is 18.5 Å². The maximum atomic E-state index is 12.5. The van der Waals surface area contributed by atoms with Gasteiger partial charge in [-0.2, -0.15) is 9.40 Å². The third-order valence-corrected chi connectivity index (χ3v) is 7.30. The lowest BCUT2D eigenvalue weighted by Gasteiger charge is -2.15. The van der Waals surface area contributed by atoms with E-state index in [9.17, 15) is 8.42 Å². The van der Waals surface area contributed by atoms with Crippen molar-refractivity contribution in [1.29, 1.82) is 0 Å². The number of hydrogen-bond acceptors (Lipinski definition) is 5. The molecule has 1 fully saturated rings. The Kier molecular flexibility index (Phi) is 5.29. The minimum atomic E-state index is -3.40. The number of para-hydroxylation sites is 1. The van der Waals surface area contributed by atoms with Crippen LogP contribution in [0, 0.1) is 0 Å². The topological polar surface area (TPSA) is 68.1 Å². The number of aromatic nitrogens is 3. The van der Waals surface area contributed by atoms with E-state index in [0.717, 1.165) is 29.2 Å². The van der Waals surface area contributed by atoms with Crippen LogP contribution in [-0.2, 0) is 15.8 Å². The molecule has 4 rings (SSSR count). The molecule has 0 spiro atoms. The van der Waals surface area contributed by atoms with Crippen molar-refractivity contribution in [3.63, 3.8) is 0 Å². The molecule has 0 N–H and O–H groups in total. The van der Waals surface area contributed by atoms with Crippen molar-refractivity contribution in [2.24, 2.45) is 0 Å². The van der Waals surface area contributed by atoms with Crippen LogP contribution < -0.4 is 0 Å². The maximum Gasteiger partial charge on any atom is 0.244 e. The molecule has 0 atom stereocenters. The minimum Gasteiger partial charge on any atom is -0.249 e. The number of rotatable bonds is 6. The third-order valence-electron chi connectivity index (χ3n) is 4.44. The average molecular weight is 401 g/mol. The van der Waals surface area contributed by atoms with E-state index in [2.05, 4.69) is 10.1 Å². The Balaban J connectivity index is 1.40. The molecule has 0 bridgehead atoms. The molecule has 27 heavy (non-hydrogen) atoms. The lowest BCUT2D eigenvalue weighted by molar-refractivity contribution is 0.477. The van der Waals surface area contributed by atoms with E-state index in [1.165, 1.54) is 22.3 Å². The molecule has 1 aliphatic heterocycles. The van der Waals surface area contributed by atoms with Crippen LogP contribution in [0.2, 0.25) is 0 Å². The summed E-state index contributed by atoms with van der Waals surface area (Å²) < 4.78 is 28.4. The van der Waals surface area contributed by atoms with Gasteiger partial charge in [-0.15, -0.1) is 0 Å². The normalized spacial score (nSPS) is 15.3. The molecule has 1 aliphatic rings. The third kappa shape index (κ3) is 4.07. The maximum absolute atomic E-state index is 12.5. The quantitative estimate of drug-likeness (QED) is 0.594. The van der Waals surface area contributed by atoms with E-state index < -0.39 is 10.0 Å². The number of sulfonamides is 1. The van der Waals surface area contributed by atoms with E-state index in [4.69, 9.17) is 0 Å². The molecule has 0 amide bonds. The van der Waals surface area contributed by atoms with Crippen molar-refractivity contribution in [3.8, 4) is 5.69 Å². The fraction of sp³-hybridized carbons (Fsp3) is 0.263. The molecular weight excluding hydrogens is 380 g/mol. The number of benzene rings is 1. The van der Waals surface area contributed by atoms with Gasteiger partial charge in [0, 0.05) is 31.2 Å². The zero-order valence-electron chi connectivity index (χ0n) is 14.7. The van der Waals surface area contributed by atoms with Crippen molar-refractivity contribution in [2.75, 3.05) is 13.1 Å². The molecule has 6 nitrogen and oxygen atoms in total. The van der Waals surface area contributed by atoms with Gasteiger partial charge in [0.05, 0.1) is 16.4 Å². The molecule has 0 aliphatic carbocycles. The Morgan fingerprint density at radius 1 is 1.00 bits per heavy atom. The zero-order valence-corrected chi connectivity index (χ0v) is 16.4. The van der Waals surface area contributed by atoms with Crippen LogP contribution in [0.3, 0.4) is 0 Å². The highest BCUT2D eigenvalue weighted by molar-refractivity contribution is 7.98. The Bertz CT molecular complexity index is 996. The van der Waals surface area contributed by atoms with Crippen LogP contribution in [0.4, 0.5) is 0 Å². The first-order valence-electron chi connectivity index (χ1n) is 8.82. The highest BCUT2D eigenvalue weighted by Gasteiger charge is 2.27. The van der Waals surface area contributed by atoms with E-state index in [-0.39, 0.29) is 4.90 Å². The Morgan fingerprint density at radius 3 is 2.48 bits per heavy atom. The predicted octanol–water partition coefficient (Wildman–Crippen LogP) is 3.34. The highest BCUT2D eigenvalue weighted by atomic mass is 32.2. The van der Waals surface area contributed by atoms with Crippen molar-refractivity contribution >= 4 is 21.8 Å². The Hall–Kier alpha value is -2.16. The molecule has 140 valence electrons. The number of pyridine rings is 1. The van der Waals surface area contributed by atoms with Crippen molar-refractivity contribution in [1.82, 2.24) is 19.1 Å². The van der Waals surface area contributed by atoms with Gasteiger partial charge in [0.1, 0.15) is 4.90 Å². The summed E-state index contributed by atoms with van der Waals surface area (Å²) in [6, 6.07) is 15.3. The lowest BCUT2D eigenvalue weighted by Crippen LogP contribution is -2.27. The number of nitrogens with zero attached hydrogens (tertiary/aromatic N) is 4. The molecule has 0 radical (unpaired) electrons. The predicted molar refractivity (Wildman–Crippen MR) is 105 cm³/mol. The minimum absolute atomic E-state index is 0.266. The molecule has 8 heteroatoms. The summed E-state index contributed by atoms with van der Waals surface area (Å²) in [6.45, 7) is 1.20. The fourth-order valence-electron chi connectivity index (χ4n) is 2.99. The second-order valence-corrected chi connectivity index (χ2v) is 9.25. The van der Waals surface area contributed by atoms with Crippen LogP contribution >= 0.6 is 11.8 Å². The standard InChI is InChI=1S/C19H20N4O2S2/c24-27(25,22-11-4-5-12-22)18-8-9-19(20-14-18)26-15-16-10-13-23(21-16)17-6-2-1-3-7-17/h1-3,6-10,13-14H,4-5,11-12,15H2. The summed E-state index contributed by atoms with van der Waals surface area (Å²) in [5.74, 6) is 0.672. The first-order valence-corrected chi connectivity index (χ1v) is 11.2. The SMILES string of the molecule is O=S(=O)(c1ccc(SCc2ccn(-c3ccccc3)n2)nc1)N1CCCC1. The lowest BCUT2D eigenvalue weighted by atomic mass is 10.3. The Labute approximate surface area is 163 Å². The second kappa shape index (κ2) is 7.84. The molecule has 2 aromatic heterocycles. The largest absolute Gasteiger partial charge is 0.249 e. The molecule has 3 heterocycles. The monoisotopic (exact) mass is 400 g/mol. The summed E-state index contributed by atoms with van der Waals surface area (Å²) in [5, 5.41) is 5.35. The average Bonchev–Trinajstić information content (AvgIpc) is 3.40. The molecule has 3 aromatic rings. The first kappa shape index (κ1) is 18.2. The number of hydrogen-bond donors (Lipinski definition) is 0. The van der Waals surface area contributed by atoms with Crippen LogP contribution in [-0.4, -0.2) is 40.6 Å². The van der Waals surface area contributed by atoms with Gasteiger partial charge in [-0.3, -0.25) is 0 Å². The van der Waals surface area contributed by atoms with Crippen molar-refractivity contribution in [2.45, 2.75) is 28.5 Å². The van der Waals surface area contributed by atoms with Gasteiger partial charge in [-0.25, -0.2) is 18.1 Å². The van der Waals surface area contributed by atoms with Gasteiger partial charge in [0.2, 0.25) is 10.0 Å². The van der Waals surface area contributed by atoms with Gasteiger partial charge in [0.25, 0.3) is 0 Å². The summed E-state index contributed by atoms with van der Waals surface area (Å²) in [7, 11) is -3.40. The fourth-order valence-corrected chi connectivity index (χ4v) is 5.20. The summed E-state index contributed by atoms with van der Waals surface area (Å²) in [5.41, 5.74) is 1.96. The van der Waals surface area contributed by atoms with E-state index >= 15 is 0 Å². The van der Waals surface area contributed by atoms with E-state index in [1.807, 2.05) is 47.3 Å². The van der Waals surface area contributed by atoms with E-state index in [1.54, 1.807) is 12.1 Å². The van der Waals surface area contributed by atoms with Gasteiger partial charge < -0.3 is 0 Å². The van der Waals surface area contributed by atoms with E-state index in [0.29, 0.717) is 18.8 Å². The summed E-state index contributed by atoms with van der Waals surface area (Å²) in [4.78, 5) is 4.58. The molecule has 1 aromatic carbocycles. The molecule has 0 unspecified atom stereocenters. The molecule has 1 saturated heterocycles. The molecule has 0 saturated carbocycles. The van der Waals surface area contributed by atoms with Crippen molar-refractivity contribution in [3.05, 3.63) is 66.6 Å². The smallest absolute Gasteiger partial charge is 0.244 e. The summed E-state index contributed by atoms with van der Waals surface area (Å²) in [6.07, 6.45) is 5.25. The van der Waals surface area contributed by atoms with Gasteiger partial charge in [-0.1, -0.05) is 30.0 Å². The number of thioether (sulfide) groups is 1. The molecular formula is C19H20N4O2S2. The van der Waals surface area contributed by atoms with Gasteiger partial charge >= 0.3 is 0 Å². The highest BCUT2D eigenvalue weighted by Crippen LogP contribution is 2.24. The zero-order chi connectivity index (χ0) is 18.7.